The van der Waals surface area contributed by atoms with Crippen molar-refractivity contribution in [3.05, 3.63) is 18.0 Å². The molecule has 1 amide bonds. The monoisotopic (exact) mass is 210 g/mol. The van der Waals surface area contributed by atoms with Gasteiger partial charge in [-0.25, -0.2) is 0 Å². The van der Waals surface area contributed by atoms with Crippen LogP contribution in [0.15, 0.2) is 12.4 Å². The van der Waals surface area contributed by atoms with Crippen molar-refractivity contribution in [1.29, 1.82) is 0 Å². The van der Waals surface area contributed by atoms with E-state index in [4.69, 9.17) is 0 Å². The van der Waals surface area contributed by atoms with E-state index < -0.39 is 0 Å². The van der Waals surface area contributed by atoms with Gasteiger partial charge in [-0.15, -0.1) is 0 Å². The van der Waals surface area contributed by atoms with Gasteiger partial charge in [-0.2, -0.15) is 5.10 Å². The molecule has 0 atom stereocenters. The van der Waals surface area contributed by atoms with Crippen LogP contribution in [-0.2, 0) is 11.3 Å². The van der Waals surface area contributed by atoms with Gasteiger partial charge in [0.2, 0.25) is 5.91 Å². The highest BCUT2D eigenvalue weighted by Crippen LogP contribution is 2.02. The Kier molecular flexibility index (Phi) is 4.83. The number of nitrogens with one attached hydrogen (secondary N) is 2. The summed E-state index contributed by atoms with van der Waals surface area (Å²) < 4.78 is 0. The summed E-state index contributed by atoms with van der Waals surface area (Å²) >= 11 is 0. The molecular weight excluding hydrogens is 192 g/mol. The molecule has 0 aromatic carbocycles. The molecule has 1 aromatic rings. The minimum absolute atomic E-state index is 0.173. The Balaban J connectivity index is 2.27. The molecule has 2 N–H and O–H groups in total. The zero-order valence-electron chi connectivity index (χ0n) is 9.29. The van der Waals surface area contributed by atoms with Crippen molar-refractivity contribution in [2.24, 2.45) is 0 Å². The molecule has 1 heterocycles. The first kappa shape index (κ1) is 11.7. The van der Waals surface area contributed by atoms with Crippen LogP contribution in [-0.4, -0.2) is 41.6 Å². The third-order valence-corrected chi connectivity index (χ3v) is 2.22. The van der Waals surface area contributed by atoms with Gasteiger partial charge in [-0.3, -0.25) is 9.89 Å². The number of rotatable bonds is 6. The lowest BCUT2D eigenvalue weighted by molar-refractivity contribution is -0.130. The Morgan fingerprint density at radius 2 is 2.47 bits per heavy atom. The van der Waals surface area contributed by atoms with Crippen LogP contribution in [0.4, 0.5) is 0 Å². The first-order valence-corrected chi connectivity index (χ1v) is 5.10. The van der Waals surface area contributed by atoms with Gasteiger partial charge in [0.25, 0.3) is 0 Å². The first-order chi connectivity index (χ1) is 7.24. The molecule has 0 aliphatic rings. The van der Waals surface area contributed by atoms with Crippen molar-refractivity contribution >= 4 is 5.91 Å². The molecule has 1 rings (SSSR count). The van der Waals surface area contributed by atoms with E-state index in [0.717, 1.165) is 18.5 Å². The van der Waals surface area contributed by atoms with E-state index in [2.05, 4.69) is 15.5 Å². The number of nitrogens with zero attached hydrogens (tertiary/aromatic N) is 2. The summed E-state index contributed by atoms with van der Waals surface area (Å²) in [7, 11) is 3.70. The molecule has 0 radical (unpaired) electrons. The summed E-state index contributed by atoms with van der Waals surface area (Å²) in [6.07, 6.45) is 5.01. The van der Waals surface area contributed by atoms with E-state index in [1.165, 1.54) is 0 Å². The van der Waals surface area contributed by atoms with Gasteiger partial charge in [-0.05, 0) is 20.0 Å². The second-order valence-corrected chi connectivity index (χ2v) is 3.56. The Labute approximate surface area is 89.9 Å². The lowest BCUT2D eigenvalue weighted by Crippen LogP contribution is -2.26. The minimum atomic E-state index is 0.173. The van der Waals surface area contributed by atoms with Crippen molar-refractivity contribution in [2.45, 2.75) is 19.4 Å². The molecule has 0 saturated heterocycles. The van der Waals surface area contributed by atoms with Gasteiger partial charge in [0.1, 0.15) is 0 Å². The summed E-state index contributed by atoms with van der Waals surface area (Å²) in [5, 5.41) is 9.59. The largest absolute Gasteiger partial charge is 0.341 e. The van der Waals surface area contributed by atoms with Crippen molar-refractivity contribution in [1.82, 2.24) is 20.4 Å². The smallest absolute Gasteiger partial charge is 0.222 e. The number of amides is 1. The zero-order valence-corrected chi connectivity index (χ0v) is 9.29. The van der Waals surface area contributed by atoms with E-state index in [1.54, 1.807) is 17.3 Å². The fraction of sp³-hybridized carbons (Fsp3) is 0.600. The van der Waals surface area contributed by atoms with E-state index >= 15 is 0 Å². The lowest BCUT2D eigenvalue weighted by Gasteiger charge is -2.15. The maximum atomic E-state index is 11.6. The number of aromatic amines is 1. The van der Waals surface area contributed by atoms with Crippen molar-refractivity contribution in [3.63, 3.8) is 0 Å². The average Bonchev–Trinajstić information content (AvgIpc) is 2.70. The van der Waals surface area contributed by atoms with Gasteiger partial charge >= 0.3 is 0 Å². The van der Waals surface area contributed by atoms with E-state index in [-0.39, 0.29) is 5.91 Å². The molecular formula is C10H18N4O. The summed E-state index contributed by atoms with van der Waals surface area (Å²) in [5.74, 6) is 0.173. The van der Waals surface area contributed by atoms with Crippen molar-refractivity contribution in [3.8, 4) is 0 Å². The predicted octanol–water partition coefficient (Wildman–Crippen LogP) is 0.368. The fourth-order valence-corrected chi connectivity index (χ4v) is 1.33. The van der Waals surface area contributed by atoms with Crippen LogP contribution >= 0.6 is 0 Å². The fourth-order valence-electron chi connectivity index (χ4n) is 1.33. The maximum Gasteiger partial charge on any atom is 0.222 e. The molecule has 5 nitrogen and oxygen atoms in total. The van der Waals surface area contributed by atoms with E-state index in [1.807, 2.05) is 14.1 Å². The molecule has 0 saturated carbocycles. The molecule has 0 bridgehead atoms. The number of carbonyl (C=O) groups is 1. The van der Waals surface area contributed by atoms with Gasteiger partial charge in [0.15, 0.2) is 0 Å². The Morgan fingerprint density at radius 3 is 3.07 bits per heavy atom. The molecule has 0 aliphatic heterocycles. The highest BCUT2D eigenvalue weighted by Gasteiger charge is 2.08. The Morgan fingerprint density at radius 1 is 1.67 bits per heavy atom. The first-order valence-electron chi connectivity index (χ1n) is 5.10. The molecule has 0 aliphatic carbocycles. The van der Waals surface area contributed by atoms with Gasteiger partial charge < -0.3 is 10.2 Å². The SMILES string of the molecule is CNCCCC(=O)N(C)Cc1cn[nH]c1. The van der Waals surface area contributed by atoms with E-state index in [0.29, 0.717) is 13.0 Å². The summed E-state index contributed by atoms with van der Waals surface area (Å²) in [6.45, 7) is 1.50. The second-order valence-electron chi connectivity index (χ2n) is 3.56. The Bertz CT molecular complexity index is 284. The molecule has 1 aromatic heterocycles. The maximum absolute atomic E-state index is 11.6. The van der Waals surface area contributed by atoms with E-state index in [9.17, 15) is 4.79 Å². The molecule has 0 unspecified atom stereocenters. The highest BCUT2D eigenvalue weighted by molar-refractivity contribution is 5.75. The normalized spacial score (nSPS) is 10.3. The molecule has 5 heteroatoms. The summed E-state index contributed by atoms with van der Waals surface area (Å²) in [6, 6.07) is 0. The van der Waals surface area contributed by atoms with Crippen LogP contribution in [0.5, 0.6) is 0 Å². The number of carbonyl (C=O) groups excluding carboxylic acids is 1. The second kappa shape index (κ2) is 6.19. The zero-order chi connectivity index (χ0) is 11.1. The Hall–Kier alpha value is -1.36. The molecule has 15 heavy (non-hydrogen) atoms. The van der Waals surface area contributed by atoms with Crippen LogP contribution < -0.4 is 5.32 Å². The number of hydrogen-bond donors (Lipinski definition) is 2. The van der Waals surface area contributed by atoms with Crippen molar-refractivity contribution < 1.29 is 4.79 Å². The van der Waals surface area contributed by atoms with Crippen LogP contribution in [0, 0.1) is 0 Å². The number of hydrogen-bond acceptors (Lipinski definition) is 3. The van der Waals surface area contributed by atoms with Gasteiger partial charge in [-0.1, -0.05) is 0 Å². The predicted molar refractivity (Wildman–Crippen MR) is 58.2 cm³/mol. The highest BCUT2D eigenvalue weighted by atomic mass is 16.2. The van der Waals surface area contributed by atoms with Crippen LogP contribution in [0.25, 0.3) is 0 Å². The van der Waals surface area contributed by atoms with Crippen LogP contribution in [0.2, 0.25) is 0 Å². The number of aromatic nitrogens is 2. The molecule has 0 spiro atoms. The van der Waals surface area contributed by atoms with Crippen LogP contribution in [0.3, 0.4) is 0 Å². The topological polar surface area (TPSA) is 61.0 Å². The average molecular weight is 210 g/mol. The number of H-pyrrole nitrogens is 1. The van der Waals surface area contributed by atoms with Gasteiger partial charge in [0.05, 0.1) is 6.20 Å². The molecule has 84 valence electrons. The third kappa shape index (κ3) is 4.12. The summed E-state index contributed by atoms with van der Waals surface area (Å²) in [4.78, 5) is 13.3. The third-order valence-electron chi connectivity index (χ3n) is 2.22. The van der Waals surface area contributed by atoms with Crippen LogP contribution in [0.1, 0.15) is 18.4 Å². The van der Waals surface area contributed by atoms with Gasteiger partial charge in [0, 0.05) is 31.8 Å². The molecule has 0 fully saturated rings. The minimum Gasteiger partial charge on any atom is -0.341 e. The lowest BCUT2D eigenvalue weighted by atomic mass is 10.2. The quantitative estimate of drug-likeness (QED) is 0.667. The standard InChI is InChI=1S/C10H18N4O/c1-11-5-3-4-10(15)14(2)8-9-6-12-13-7-9/h6-7,11H,3-5,8H2,1-2H3,(H,12,13). The van der Waals surface area contributed by atoms with Crippen molar-refractivity contribution in [2.75, 3.05) is 20.6 Å². The summed E-state index contributed by atoms with van der Waals surface area (Å²) in [5.41, 5.74) is 1.03.